The minimum absolute atomic E-state index is 0.000680. The summed E-state index contributed by atoms with van der Waals surface area (Å²) < 4.78 is 12.9. The van der Waals surface area contributed by atoms with Gasteiger partial charge in [0.1, 0.15) is 5.82 Å². The molecule has 0 amide bonds. The van der Waals surface area contributed by atoms with Gasteiger partial charge in [0.15, 0.2) is 10.8 Å². The lowest BCUT2D eigenvalue weighted by Gasteiger charge is -2.04. The Morgan fingerprint density at radius 2 is 2.28 bits per heavy atom. The Morgan fingerprint density at radius 1 is 1.56 bits per heavy atom. The molecule has 0 spiro atoms. The van der Waals surface area contributed by atoms with E-state index >= 15 is 0 Å². The molecule has 0 atom stereocenters. The number of rotatable bonds is 3. The maximum absolute atomic E-state index is 12.9. The van der Waals surface area contributed by atoms with Gasteiger partial charge in [-0.15, -0.1) is 11.3 Å². The number of benzene rings is 1. The Hall–Kier alpha value is -1.66. The van der Waals surface area contributed by atoms with E-state index in [0.29, 0.717) is 15.7 Å². The molecule has 0 aliphatic heterocycles. The molecule has 1 heterocycles. The van der Waals surface area contributed by atoms with E-state index in [1.807, 2.05) is 0 Å². The third-order valence-corrected chi connectivity index (χ3v) is 3.37. The van der Waals surface area contributed by atoms with E-state index in [-0.39, 0.29) is 10.7 Å². The molecule has 0 aliphatic rings. The van der Waals surface area contributed by atoms with E-state index in [1.54, 1.807) is 6.92 Å². The van der Waals surface area contributed by atoms with E-state index in [4.69, 9.17) is 16.7 Å². The molecule has 18 heavy (non-hydrogen) atoms. The maximum Gasteiger partial charge on any atom is 0.355 e. The molecular weight excluding hydrogens is 279 g/mol. The molecule has 0 aliphatic carbocycles. The summed E-state index contributed by atoms with van der Waals surface area (Å²) in [5, 5.41) is 12.3. The van der Waals surface area contributed by atoms with Crippen molar-refractivity contribution in [2.75, 3.05) is 5.32 Å². The topological polar surface area (TPSA) is 62.2 Å². The molecule has 2 aromatic rings. The van der Waals surface area contributed by atoms with Crippen LogP contribution < -0.4 is 5.32 Å². The summed E-state index contributed by atoms with van der Waals surface area (Å²) in [5.41, 5.74) is 0.476. The second kappa shape index (κ2) is 4.91. The highest BCUT2D eigenvalue weighted by Crippen LogP contribution is 2.29. The average molecular weight is 287 g/mol. The molecule has 0 saturated carbocycles. The highest BCUT2D eigenvalue weighted by atomic mass is 35.5. The summed E-state index contributed by atoms with van der Waals surface area (Å²) in [4.78, 5) is 15.3. The predicted molar refractivity (Wildman–Crippen MR) is 68.5 cm³/mol. The van der Waals surface area contributed by atoms with E-state index in [9.17, 15) is 9.18 Å². The fraction of sp³-hybridized carbons (Fsp3) is 0.0909. The number of aromatic carboxylic acids is 1. The van der Waals surface area contributed by atoms with Gasteiger partial charge in [-0.05, 0) is 25.1 Å². The van der Waals surface area contributed by atoms with Gasteiger partial charge in [-0.3, -0.25) is 0 Å². The van der Waals surface area contributed by atoms with Gasteiger partial charge in [-0.25, -0.2) is 14.2 Å². The normalized spacial score (nSPS) is 10.4. The minimum Gasteiger partial charge on any atom is -0.476 e. The molecule has 0 saturated heterocycles. The molecule has 2 N–H and O–H groups in total. The monoisotopic (exact) mass is 286 g/mol. The van der Waals surface area contributed by atoms with E-state index in [0.717, 1.165) is 0 Å². The van der Waals surface area contributed by atoms with Crippen LogP contribution in [0.3, 0.4) is 0 Å². The van der Waals surface area contributed by atoms with Crippen LogP contribution in [0.2, 0.25) is 5.02 Å². The van der Waals surface area contributed by atoms with Crippen LogP contribution in [0.1, 0.15) is 15.4 Å². The summed E-state index contributed by atoms with van der Waals surface area (Å²) in [7, 11) is 0. The van der Waals surface area contributed by atoms with Crippen LogP contribution in [0.4, 0.5) is 15.2 Å². The number of hydrogen-bond acceptors (Lipinski definition) is 4. The molecule has 2 rings (SSSR count). The Labute approximate surface area is 111 Å². The highest BCUT2D eigenvalue weighted by Gasteiger charge is 2.14. The molecule has 4 nitrogen and oxygen atoms in total. The Morgan fingerprint density at radius 3 is 2.83 bits per heavy atom. The largest absolute Gasteiger partial charge is 0.476 e. The first kappa shape index (κ1) is 12.8. The van der Waals surface area contributed by atoms with E-state index < -0.39 is 11.8 Å². The minimum atomic E-state index is -1.08. The first-order chi connectivity index (χ1) is 8.47. The molecule has 0 bridgehead atoms. The fourth-order valence-corrected chi connectivity index (χ4v) is 2.39. The average Bonchev–Trinajstić information content (AvgIpc) is 2.64. The molecular formula is C11H8ClFN2O2S. The zero-order chi connectivity index (χ0) is 13.3. The molecule has 0 unspecified atom stereocenters. The van der Waals surface area contributed by atoms with E-state index in [2.05, 4.69) is 10.3 Å². The van der Waals surface area contributed by atoms with Gasteiger partial charge < -0.3 is 10.4 Å². The molecule has 0 radical (unpaired) electrons. The third kappa shape index (κ3) is 2.60. The van der Waals surface area contributed by atoms with Crippen molar-refractivity contribution in [3.63, 3.8) is 0 Å². The third-order valence-electron chi connectivity index (χ3n) is 2.17. The first-order valence-corrected chi connectivity index (χ1v) is 6.09. The van der Waals surface area contributed by atoms with Crippen LogP contribution in [-0.4, -0.2) is 16.1 Å². The summed E-state index contributed by atoms with van der Waals surface area (Å²) in [6.45, 7) is 1.67. The second-order valence-electron chi connectivity index (χ2n) is 3.48. The molecule has 1 aromatic heterocycles. The first-order valence-electron chi connectivity index (χ1n) is 4.90. The van der Waals surface area contributed by atoms with Crippen molar-refractivity contribution in [1.82, 2.24) is 4.98 Å². The van der Waals surface area contributed by atoms with Gasteiger partial charge in [0, 0.05) is 4.88 Å². The standard InChI is InChI=1S/C11H8ClFN2O2S/c1-5-9(10(16)17)15-11(18-5)14-8-3-2-6(13)4-7(8)12/h2-4H,1H3,(H,14,15)(H,16,17). The number of hydrogen-bond donors (Lipinski definition) is 2. The van der Waals surface area contributed by atoms with Crippen molar-refractivity contribution in [3.05, 3.63) is 39.6 Å². The lowest BCUT2D eigenvalue weighted by Crippen LogP contribution is -1.99. The molecule has 1 aromatic carbocycles. The fourth-order valence-electron chi connectivity index (χ4n) is 1.35. The smallest absolute Gasteiger partial charge is 0.355 e. The summed E-state index contributed by atoms with van der Waals surface area (Å²) in [6.07, 6.45) is 0. The van der Waals surface area contributed by atoms with Crippen molar-refractivity contribution in [2.45, 2.75) is 6.92 Å². The van der Waals surface area contributed by atoms with Gasteiger partial charge in [0.25, 0.3) is 0 Å². The quantitative estimate of drug-likeness (QED) is 0.903. The Kier molecular flexibility index (Phi) is 3.49. The molecule has 94 valence electrons. The summed E-state index contributed by atoms with van der Waals surface area (Å²) in [6, 6.07) is 3.89. The number of nitrogens with zero attached hydrogens (tertiary/aromatic N) is 1. The van der Waals surface area contributed by atoms with Gasteiger partial charge in [-0.2, -0.15) is 0 Å². The number of carboxylic acids is 1. The van der Waals surface area contributed by atoms with Crippen LogP contribution in [0, 0.1) is 12.7 Å². The van der Waals surface area contributed by atoms with Crippen LogP contribution in [-0.2, 0) is 0 Å². The van der Waals surface area contributed by atoms with Crippen molar-refractivity contribution >= 4 is 39.7 Å². The number of aryl methyl sites for hydroxylation is 1. The Bertz CT molecular complexity index is 615. The Balaban J connectivity index is 2.29. The van der Waals surface area contributed by atoms with Gasteiger partial charge in [-0.1, -0.05) is 11.6 Å². The summed E-state index contributed by atoms with van der Waals surface area (Å²) >= 11 is 7.04. The van der Waals surface area contributed by atoms with Crippen molar-refractivity contribution in [1.29, 1.82) is 0 Å². The van der Waals surface area contributed by atoms with E-state index in [1.165, 1.54) is 29.5 Å². The number of anilines is 2. The van der Waals surface area contributed by atoms with Crippen LogP contribution in [0.5, 0.6) is 0 Å². The zero-order valence-electron chi connectivity index (χ0n) is 9.20. The van der Waals surface area contributed by atoms with Gasteiger partial charge in [0.05, 0.1) is 10.7 Å². The summed E-state index contributed by atoms with van der Waals surface area (Å²) in [5.74, 6) is -1.52. The van der Waals surface area contributed by atoms with Gasteiger partial charge >= 0.3 is 5.97 Å². The van der Waals surface area contributed by atoms with Crippen LogP contribution in [0.25, 0.3) is 0 Å². The number of aromatic nitrogens is 1. The number of carbonyl (C=O) groups is 1. The molecule has 7 heteroatoms. The van der Waals surface area contributed by atoms with Gasteiger partial charge in [0.2, 0.25) is 0 Å². The maximum atomic E-state index is 12.9. The molecule has 0 fully saturated rings. The SMILES string of the molecule is Cc1sc(Nc2ccc(F)cc2Cl)nc1C(=O)O. The van der Waals surface area contributed by atoms with Crippen molar-refractivity contribution in [3.8, 4) is 0 Å². The second-order valence-corrected chi connectivity index (χ2v) is 5.09. The predicted octanol–water partition coefficient (Wildman–Crippen LogP) is 3.69. The lowest BCUT2D eigenvalue weighted by molar-refractivity contribution is 0.0690. The number of halogens is 2. The zero-order valence-corrected chi connectivity index (χ0v) is 10.8. The number of nitrogens with one attached hydrogen (secondary N) is 1. The lowest BCUT2D eigenvalue weighted by atomic mass is 10.3. The van der Waals surface area contributed by atoms with Crippen molar-refractivity contribution in [2.24, 2.45) is 0 Å². The van der Waals surface area contributed by atoms with Crippen LogP contribution in [0.15, 0.2) is 18.2 Å². The van der Waals surface area contributed by atoms with Crippen LogP contribution >= 0.6 is 22.9 Å². The highest BCUT2D eigenvalue weighted by molar-refractivity contribution is 7.15. The number of carboxylic acid groups (broad SMARTS) is 1. The van der Waals surface area contributed by atoms with Crippen molar-refractivity contribution < 1.29 is 14.3 Å². The number of thiazole rings is 1.